The average Bonchev–Trinajstić information content (AvgIpc) is 2.77. The van der Waals surface area contributed by atoms with E-state index >= 15 is 0 Å². The number of ketones is 2. The zero-order valence-corrected chi connectivity index (χ0v) is 17.4. The highest BCUT2D eigenvalue weighted by atomic mass is 19.1. The predicted octanol–water partition coefficient (Wildman–Crippen LogP) is 0.349. The van der Waals surface area contributed by atoms with Crippen molar-refractivity contribution < 1.29 is 48.3 Å². The van der Waals surface area contributed by atoms with Gasteiger partial charge in [-0.1, -0.05) is 12.1 Å². The third kappa shape index (κ3) is 6.07. The molecule has 0 saturated carbocycles. The zero-order valence-electron chi connectivity index (χ0n) is 17.4. The van der Waals surface area contributed by atoms with Gasteiger partial charge in [-0.15, -0.1) is 0 Å². The summed E-state index contributed by atoms with van der Waals surface area (Å²) in [6.07, 6.45) is -8.73. The molecule has 2 rings (SSSR count). The predicted molar refractivity (Wildman–Crippen MR) is 107 cm³/mol. The number of rotatable bonds is 11. The van der Waals surface area contributed by atoms with Crippen LogP contribution in [0.1, 0.15) is 11.1 Å². The van der Waals surface area contributed by atoms with E-state index in [1.54, 1.807) is 0 Å². The van der Waals surface area contributed by atoms with Crippen molar-refractivity contribution in [2.24, 2.45) is 0 Å². The summed E-state index contributed by atoms with van der Waals surface area (Å²) in [4.78, 5) is 24.4. The van der Waals surface area contributed by atoms with E-state index in [0.29, 0.717) is 0 Å². The minimum atomic E-state index is -2.21. The molecule has 4 N–H and O–H groups in total. The van der Waals surface area contributed by atoms with Crippen molar-refractivity contribution in [2.75, 3.05) is 14.2 Å². The Morgan fingerprint density at radius 2 is 1.09 bits per heavy atom. The number of carbonyl (C=O) groups is 2. The highest BCUT2D eigenvalue weighted by Crippen LogP contribution is 2.21. The van der Waals surface area contributed by atoms with Crippen LogP contribution in [0, 0.1) is 11.6 Å². The number of halogens is 2. The molecule has 0 heterocycles. The summed E-state index contributed by atoms with van der Waals surface area (Å²) in [5, 5.41) is 40.2. The van der Waals surface area contributed by atoms with Crippen LogP contribution in [0.2, 0.25) is 0 Å². The number of Topliss-reactive ketones (excluding diaryl/α,β-unsaturated/α-hetero) is 2. The van der Waals surface area contributed by atoms with E-state index in [0.717, 1.165) is 12.1 Å². The lowest BCUT2D eigenvalue weighted by atomic mass is 9.94. The normalized spacial score (nSPS) is 14.9. The minimum absolute atomic E-state index is 0.0381. The van der Waals surface area contributed by atoms with Crippen LogP contribution in [0.5, 0.6) is 11.5 Å². The number of hydrogen-bond donors (Lipinski definition) is 4. The highest BCUT2D eigenvalue weighted by molar-refractivity contribution is 6.40. The van der Waals surface area contributed by atoms with Gasteiger partial charge in [0.2, 0.25) is 11.6 Å². The number of aliphatic hydroxyl groups excluding tert-OH is 4. The number of ether oxygens (including phenoxy) is 2. The molecule has 0 amide bonds. The molecular weight excluding hydrogens is 430 g/mol. The van der Waals surface area contributed by atoms with Crippen molar-refractivity contribution in [2.45, 2.75) is 37.3 Å². The van der Waals surface area contributed by atoms with E-state index < -0.39 is 47.6 Å². The van der Waals surface area contributed by atoms with Crippen LogP contribution in [-0.4, -0.2) is 70.6 Å². The zero-order chi connectivity index (χ0) is 24.0. The van der Waals surface area contributed by atoms with Gasteiger partial charge in [-0.3, -0.25) is 9.59 Å². The van der Waals surface area contributed by atoms with Crippen molar-refractivity contribution in [3.8, 4) is 11.5 Å². The highest BCUT2D eigenvalue weighted by Gasteiger charge is 2.36. The molecule has 2 aromatic rings. The maximum Gasteiger partial charge on any atom is 0.232 e. The van der Waals surface area contributed by atoms with Crippen LogP contribution in [-0.2, 0) is 22.4 Å². The fourth-order valence-corrected chi connectivity index (χ4v) is 3.02. The van der Waals surface area contributed by atoms with Crippen molar-refractivity contribution in [3.05, 3.63) is 59.2 Å². The van der Waals surface area contributed by atoms with Gasteiger partial charge in [-0.05, 0) is 35.4 Å². The third-order valence-corrected chi connectivity index (χ3v) is 4.83. The van der Waals surface area contributed by atoms with Crippen molar-refractivity contribution in [1.29, 1.82) is 0 Å². The summed E-state index contributed by atoms with van der Waals surface area (Å²) in [6.45, 7) is 0. The summed E-state index contributed by atoms with van der Waals surface area (Å²) in [6, 6.07) is 7.45. The lowest BCUT2D eigenvalue weighted by molar-refractivity contribution is -0.152. The Morgan fingerprint density at radius 3 is 1.38 bits per heavy atom. The molecule has 4 atom stereocenters. The van der Waals surface area contributed by atoms with E-state index in [-0.39, 0.29) is 35.5 Å². The second-order valence-corrected chi connectivity index (χ2v) is 7.10. The van der Waals surface area contributed by atoms with Crippen LogP contribution in [0.15, 0.2) is 36.4 Å². The summed E-state index contributed by atoms with van der Waals surface area (Å²) in [5.74, 6) is -4.57. The molecule has 0 bridgehead atoms. The average molecular weight is 454 g/mol. The molecule has 0 spiro atoms. The first kappa shape index (κ1) is 25.3. The Labute approximate surface area is 182 Å². The Balaban J connectivity index is 2.00. The second-order valence-electron chi connectivity index (χ2n) is 7.10. The molecule has 8 nitrogen and oxygen atoms in total. The van der Waals surface area contributed by atoms with E-state index in [4.69, 9.17) is 9.47 Å². The Hall–Kier alpha value is -2.92. The van der Waals surface area contributed by atoms with Crippen molar-refractivity contribution in [3.63, 3.8) is 0 Å². The van der Waals surface area contributed by atoms with E-state index in [1.165, 1.54) is 38.5 Å². The second kappa shape index (κ2) is 11.1. The molecule has 0 aliphatic carbocycles. The minimum Gasteiger partial charge on any atom is -0.494 e. The summed E-state index contributed by atoms with van der Waals surface area (Å²) < 4.78 is 37.0. The number of methoxy groups -OCH3 is 2. The summed E-state index contributed by atoms with van der Waals surface area (Å²) >= 11 is 0. The number of hydrogen-bond acceptors (Lipinski definition) is 8. The van der Waals surface area contributed by atoms with Gasteiger partial charge in [0, 0.05) is 12.8 Å². The summed E-state index contributed by atoms with van der Waals surface area (Å²) in [5.41, 5.74) is 0.439. The fraction of sp³-hybridized carbons (Fsp3) is 0.364. The smallest absolute Gasteiger partial charge is 0.232 e. The number of carbonyl (C=O) groups excluding carboxylic acids is 2. The molecule has 2 unspecified atom stereocenters. The van der Waals surface area contributed by atoms with Crippen molar-refractivity contribution in [1.82, 2.24) is 0 Å². The monoisotopic (exact) mass is 454 g/mol. The molecule has 10 heteroatoms. The lowest BCUT2D eigenvalue weighted by Gasteiger charge is -2.20. The van der Waals surface area contributed by atoms with Gasteiger partial charge in [-0.25, -0.2) is 8.78 Å². The Kier molecular flexibility index (Phi) is 8.79. The van der Waals surface area contributed by atoms with Crippen molar-refractivity contribution >= 4 is 11.6 Å². The van der Waals surface area contributed by atoms with Crippen LogP contribution >= 0.6 is 0 Å². The number of benzene rings is 2. The molecular formula is C22H24F2O8. The van der Waals surface area contributed by atoms with Crippen LogP contribution < -0.4 is 9.47 Å². The first-order valence-electron chi connectivity index (χ1n) is 9.54. The van der Waals surface area contributed by atoms with E-state index in [9.17, 15) is 38.8 Å². The maximum absolute atomic E-state index is 13.7. The van der Waals surface area contributed by atoms with Gasteiger partial charge >= 0.3 is 0 Å². The molecule has 0 radical (unpaired) electrons. The molecule has 0 aromatic heterocycles. The van der Waals surface area contributed by atoms with Gasteiger partial charge in [0.15, 0.2) is 23.1 Å². The van der Waals surface area contributed by atoms with Crippen LogP contribution in [0.25, 0.3) is 0 Å². The topological polar surface area (TPSA) is 134 Å². The van der Waals surface area contributed by atoms with E-state index in [2.05, 4.69) is 0 Å². The third-order valence-electron chi connectivity index (χ3n) is 4.83. The molecule has 0 aliphatic rings. The Bertz CT molecular complexity index is 887. The number of aliphatic hydroxyl groups is 4. The summed E-state index contributed by atoms with van der Waals surface area (Å²) in [7, 11) is 2.54. The molecule has 174 valence electrons. The molecule has 2 aromatic carbocycles. The van der Waals surface area contributed by atoms with Crippen LogP contribution in [0.3, 0.4) is 0 Å². The van der Waals surface area contributed by atoms with Gasteiger partial charge < -0.3 is 29.9 Å². The lowest BCUT2D eigenvalue weighted by Crippen LogP contribution is -2.47. The van der Waals surface area contributed by atoms with Crippen LogP contribution in [0.4, 0.5) is 8.78 Å². The van der Waals surface area contributed by atoms with Gasteiger partial charge in [0.05, 0.1) is 26.4 Å². The maximum atomic E-state index is 13.7. The first-order chi connectivity index (χ1) is 15.1. The SMILES string of the molecule is COc1ccc(CC(O)[C@H](O)C(=O)C(=O)[C@H](O)C(O)Cc2ccc(OC)c(F)c2)cc1F. The first-order valence-corrected chi connectivity index (χ1v) is 9.54. The quantitative estimate of drug-likeness (QED) is 0.358. The molecule has 32 heavy (non-hydrogen) atoms. The molecule has 0 fully saturated rings. The van der Waals surface area contributed by atoms with E-state index in [1.807, 2.05) is 0 Å². The standard InChI is InChI=1S/C22H24F2O8/c1-31-17-5-3-11(7-13(17)23)9-15(25)19(27)21(29)22(30)20(28)16(26)10-12-4-6-18(32-2)14(24)8-12/h3-8,15-16,19-20,25-28H,9-10H2,1-2H3/t15?,16?,19-,20+. The van der Waals surface area contributed by atoms with Gasteiger partial charge in [-0.2, -0.15) is 0 Å². The fourth-order valence-electron chi connectivity index (χ4n) is 3.02. The van der Waals surface area contributed by atoms with Gasteiger partial charge in [0.1, 0.15) is 12.2 Å². The Morgan fingerprint density at radius 1 is 0.750 bits per heavy atom. The molecule has 0 saturated heterocycles. The molecule has 0 aliphatic heterocycles. The van der Waals surface area contributed by atoms with Gasteiger partial charge in [0.25, 0.3) is 0 Å². The largest absolute Gasteiger partial charge is 0.494 e.